The van der Waals surface area contributed by atoms with Crippen molar-refractivity contribution < 1.29 is 4.79 Å². The molecule has 2 aromatic carbocycles. The summed E-state index contributed by atoms with van der Waals surface area (Å²) in [5.74, 6) is 0. The van der Waals surface area contributed by atoms with Gasteiger partial charge in [0.25, 0.3) is 0 Å². The molecule has 23 heavy (non-hydrogen) atoms. The molecule has 0 spiro atoms. The van der Waals surface area contributed by atoms with E-state index in [0.29, 0.717) is 6.54 Å². The molecule has 2 amide bonds. The highest BCUT2D eigenvalue weighted by Gasteiger charge is 2.06. The Kier molecular flexibility index (Phi) is 4.88. The maximum Gasteiger partial charge on any atom is 0.319 e. The molecule has 1 heterocycles. The van der Waals surface area contributed by atoms with Crippen LogP contribution in [0.3, 0.4) is 0 Å². The quantitative estimate of drug-likeness (QED) is 0.722. The number of anilines is 1. The molecule has 0 bridgehead atoms. The highest BCUT2D eigenvalue weighted by Crippen LogP contribution is 2.21. The molecule has 5 heteroatoms. The molecule has 0 unspecified atom stereocenters. The van der Waals surface area contributed by atoms with Crippen LogP contribution in [-0.2, 0) is 13.0 Å². The summed E-state index contributed by atoms with van der Waals surface area (Å²) >= 11 is 1.60. The van der Waals surface area contributed by atoms with Gasteiger partial charge in [-0.25, -0.2) is 9.78 Å². The van der Waals surface area contributed by atoms with Gasteiger partial charge in [-0.15, -0.1) is 11.3 Å². The van der Waals surface area contributed by atoms with Gasteiger partial charge in [0.2, 0.25) is 0 Å². The fourth-order valence-electron chi connectivity index (χ4n) is 2.37. The number of para-hydroxylation sites is 1. The van der Waals surface area contributed by atoms with Gasteiger partial charge in [0.15, 0.2) is 0 Å². The molecule has 1 aromatic heterocycles. The maximum atomic E-state index is 12.0. The van der Waals surface area contributed by atoms with E-state index in [0.717, 1.165) is 33.8 Å². The molecule has 0 fully saturated rings. The van der Waals surface area contributed by atoms with Crippen LogP contribution in [0.2, 0.25) is 0 Å². The summed E-state index contributed by atoms with van der Waals surface area (Å²) in [6.45, 7) is 2.58. The average molecular weight is 325 g/mol. The van der Waals surface area contributed by atoms with E-state index in [1.165, 1.54) is 5.56 Å². The van der Waals surface area contributed by atoms with E-state index in [2.05, 4.69) is 22.5 Å². The van der Waals surface area contributed by atoms with Crippen LogP contribution in [0.25, 0.3) is 10.2 Å². The number of hydrogen-bond acceptors (Lipinski definition) is 3. The number of benzene rings is 2. The van der Waals surface area contributed by atoms with E-state index in [1.807, 2.05) is 48.5 Å². The Labute approximate surface area is 139 Å². The number of nitrogens with zero attached hydrogens (tertiary/aromatic N) is 1. The first kappa shape index (κ1) is 15.5. The van der Waals surface area contributed by atoms with Crippen molar-refractivity contribution in [2.24, 2.45) is 0 Å². The van der Waals surface area contributed by atoms with Gasteiger partial charge < -0.3 is 10.6 Å². The second-order valence-electron chi connectivity index (χ2n) is 5.33. The van der Waals surface area contributed by atoms with Crippen molar-refractivity contribution in [1.29, 1.82) is 0 Å². The second kappa shape index (κ2) is 7.24. The standard InChI is InChI=1S/C18H19N3OS/c1-2-5-13-8-10-14(11-9-13)20-18(22)19-12-17-21-15-6-3-4-7-16(15)23-17/h3-4,6-11H,2,5,12H2,1H3,(H2,19,20,22). The molecular formula is C18H19N3OS. The molecule has 0 aliphatic heterocycles. The van der Waals surface area contributed by atoms with E-state index >= 15 is 0 Å². The lowest BCUT2D eigenvalue weighted by atomic mass is 10.1. The highest BCUT2D eigenvalue weighted by atomic mass is 32.1. The van der Waals surface area contributed by atoms with Crippen LogP contribution in [-0.4, -0.2) is 11.0 Å². The summed E-state index contributed by atoms with van der Waals surface area (Å²) < 4.78 is 1.14. The van der Waals surface area contributed by atoms with Crippen molar-refractivity contribution in [2.45, 2.75) is 26.3 Å². The molecule has 4 nitrogen and oxygen atoms in total. The maximum absolute atomic E-state index is 12.0. The number of aryl methyl sites for hydroxylation is 1. The predicted molar refractivity (Wildman–Crippen MR) is 95.9 cm³/mol. The molecule has 3 aromatic rings. The highest BCUT2D eigenvalue weighted by molar-refractivity contribution is 7.18. The minimum Gasteiger partial charge on any atom is -0.331 e. The first-order valence-electron chi connectivity index (χ1n) is 7.73. The average Bonchev–Trinajstić information content (AvgIpc) is 2.98. The normalized spacial score (nSPS) is 10.7. The molecule has 2 N–H and O–H groups in total. The van der Waals surface area contributed by atoms with Gasteiger partial charge in [-0.1, -0.05) is 37.6 Å². The molecule has 0 aliphatic carbocycles. The third-order valence-electron chi connectivity index (χ3n) is 3.49. The lowest BCUT2D eigenvalue weighted by Gasteiger charge is -2.07. The van der Waals surface area contributed by atoms with Gasteiger partial charge >= 0.3 is 6.03 Å². The van der Waals surface area contributed by atoms with Gasteiger partial charge in [0.05, 0.1) is 16.8 Å². The van der Waals surface area contributed by atoms with Gasteiger partial charge in [0.1, 0.15) is 5.01 Å². The number of urea groups is 1. The lowest BCUT2D eigenvalue weighted by molar-refractivity contribution is 0.251. The lowest BCUT2D eigenvalue weighted by Crippen LogP contribution is -2.28. The zero-order chi connectivity index (χ0) is 16.1. The smallest absolute Gasteiger partial charge is 0.319 e. The Bertz CT molecular complexity index is 762. The molecule has 0 saturated carbocycles. The number of amides is 2. The fourth-order valence-corrected chi connectivity index (χ4v) is 3.28. The van der Waals surface area contributed by atoms with E-state index in [1.54, 1.807) is 11.3 Å². The number of aromatic nitrogens is 1. The Morgan fingerprint density at radius 1 is 1.13 bits per heavy atom. The zero-order valence-corrected chi connectivity index (χ0v) is 13.8. The SMILES string of the molecule is CCCc1ccc(NC(=O)NCc2nc3ccccc3s2)cc1. The monoisotopic (exact) mass is 325 g/mol. The van der Waals surface area contributed by atoms with Crippen LogP contribution in [0.15, 0.2) is 48.5 Å². The summed E-state index contributed by atoms with van der Waals surface area (Å²) in [4.78, 5) is 16.5. The van der Waals surface area contributed by atoms with Crippen molar-refractivity contribution in [3.8, 4) is 0 Å². The van der Waals surface area contributed by atoms with E-state index in [9.17, 15) is 4.79 Å². The minimum absolute atomic E-state index is 0.215. The van der Waals surface area contributed by atoms with Crippen molar-refractivity contribution in [2.75, 3.05) is 5.32 Å². The van der Waals surface area contributed by atoms with Gasteiger partial charge in [-0.05, 0) is 36.2 Å². The number of nitrogens with one attached hydrogen (secondary N) is 2. The third-order valence-corrected chi connectivity index (χ3v) is 4.53. The number of thiazole rings is 1. The Hall–Kier alpha value is -2.40. The number of carbonyl (C=O) groups is 1. The van der Waals surface area contributed by atoms with E-state index < -0.39 is 0 Å². The van der Waals surface area contributed by atoms with Gasteiger partial charge in [-0.3, -0.25) is 0 Å². The fraction of sp³-hybridized carbons (Fsp3) is 0.222. The van der Waals surface area contributed by atoms with Crippen molar-refractivity contribution in [3.05, 3.63) is 59.1 Å². The summed E-state index contributed by atoms with van der Waals surface area (Å²) in [6.07, 6.45) is 2.18. The summed E-state index contributed by atoms with van der Waals surface area (Å²) in [5, 5.41) is 6.59. The van der Waals surface area contributed by atoms with Crippen LogP contribution in [0, 0.1) is 0 Å². The van der Waals surface area contributed by atoms with E-state index in [4.69, 9.17) is 0 Å². The predicted octanol–water partition coefficient (Wildman–Crippen LogP) is 4.57. The Morgan fingerprint density at radius 3 is 2.65 bits per heavy atom. The summed E-state index contributed by atoms with van der Waals surface area (Å²) in [7, 11) is 0. The topological polar surface area (TPSA) is 54.0 Å². The Morgan fingerprint density at radius 2 is 1.91 bits per heavy atom. The molecular weight excluding hydrogens is 306 g/mol. The van der Waals surface area contributed by atoms with Crippen LogP contribution < -0.4 is 10.6 Å². The molecule has 0 atom stereocenters. The Balaban J connectivity index is 1.54. The largest absolute Gasteiger partial charge is 0.331 e. The van der Waals surface area contributed by atoms with Crippen molar-refractivity contribution >= 4 is 33.3 Å². The van der Waals surface area contributed by atoms with Crippen molar-refractivity contribution in [3.63, 3.8) is 0 Å². The van der Waals surface area contributed by atoms with E-state index in [-0.39, 0.29) is 6.03 Å². The zero-order valence-electron chi connectivity index (χ0n) is 13.0. The molecule has 0 aliphatic rings. The number of carbonyl (C=O) groups excluding carboxylic acids is 1. The van der Waals surface area contributed by atoms with Crippen LogP contribution in [0.1, 0.15) is 23.9 Å². The van der Waals surface area contributed by atoms with Gasteiger partial charge in [-0.2, -0.15) is 0 Å². The van der Waals surface area contributed by atoms with Crippen LogP contribution in [0.5, 0.6) is 0 Å². The van der Waals surface area contributed by atoms with Crippen molar-refractivity contribution in [1.82, 2.24) is 10.3 Å². The second-order valence-corrected chi connectivity index (χ2v) is 6.45. The first-order valence-corrected chi connectivity index (χ1v) is 8.54. The summed E-state index contributed by atoms with van der Waals surface area (Å²) in [6, 6.07) is 15.7. The molecule has 118 valence electrons. The third kappa shape index (κ3) is 4.07. The van der Waals surface area contributed by atoms with Crippen LogP contribution >= 0.6 is 11.3 Å². The van der Waals surface area contributed by atoms with Crippen LogP contribution in [0.4, 0.5) is 10.5 Å². The summed E-state index contributed by atoms with van der Waals surface area (Å²) in [5.41, 5.74) is 3.06. The number of rotatable bonds is 5. The first-order chi connectivity index (χ1) is 11.2. The molecule has 0 radical (unpaired) electrons. The minimum atomic E-state index is -0.215. The number of fused-ring (bicyclic) bond motifs is 1. The number of hydrogen-bond donors (Lipinski definition) is 2. The molecule has 3 rings (SSSR count). The van der Waals surface area contributed by atoms with Gasteiger partial charge in [0, 0.05) is 5.69 Å². The molecule has 0 saturated heterocycles.